The molecule has 0 fully saturated rings. The van der Waals surface area contributed by atoms with Crippen molar-refractivity contribution in [2.45, 2.75) is 39.0 Å². The number of aromatic hydroxyl groups is 1. The van der Waals surface area contributed by atoms with E-state index in [0.717, 1.165) is 10.0 Å². The van der Waals surface area contributed by atoms with E-state index in [1.165, 1.54) is 4.57 Å². The molecule has 1 amide bonds. The summed E-state index contributed by atoms with van der Waals surface area (Å²) in [5.41, 5.74) is -0.628. The minimum atomic E-state index is -0.872. The number of halogens is 2. The number of aromatic nitrogens is 1. The molecule has 1 atom stereocenters. The fourth-order valence-corrected chi connectivity index (χ4v) is 4.58. The number of pyridine rings is 1. The Morgan fingerprint density at radius 1 is 1.18 bits per heavy atom. The van der Waals surface area contributed by atoms with Crippen molar-refractivity contribution in [1.82, 2.24) is 9.88 Å². The van der Waals surface area contributed by atoms with Gasteiger partial charge in [-0.15, -0.1) is 0 Å². The number of nitrogens with one attached hydrogen (secondary N) is 1. The first-order chi connectivity index (χ1) is 16.0. The SMILES string of the molecule is CC(C)(C)OC(=O)CNC(=O)c1c(O)c2c(Br)ccc3c2n(c1=O)CC(c1ccc(Br)cc1)O3. The molecule has 34 heavy (non-hydrogen) atoms. The molecule has 2 N–H and O–H groups in total. The van der Waals surface area contributed by atoms with Gasteiger partial charge in [0, 0.05) is 8.95 Å². The third-order valence-corrected chi connectivity index (χ3v) is 6.38. The Morgan fingerprint density at radius 2 is 1.85 bits per heavy atom. The van der Waals surface area contributed by atoms with Crippen LogP contribution in [0.3, 0.4) is 0 Å². The lowest BCUT2D eigenvalue weighted by Gasteiger charge is -2.29. The number of esters is 1. The topological polar surface area (TPSA) is 107 Å². The Kier molecular flexibility index (Phi) is 6.48. The summed E-state index contributed by atoms with van der Waals surface area (Å²) >= 11 is 6.80. The standard InChI is InChI=1S/C24H22Br2N2O6/c1-24(2,3)34-17(29)10-27-22(31)19-21(30)18-14(26)8-9-15-20(18)28(23(19)32)11-16(33-15)12-4-6-13(25)7-5-12/h4-9,16,30H,10-11H2,1-3H3,(H,27,31). The monoisotopic (exact) mass is 592 g/mol. The minimum Gasteiger partial charge on any atom is -0.506 e. The van der Waals surface area contributed by atoms with E-state index in [1.54, 1.807) is 32.9 Å². The number of benzene rings is 2. The van der Waals surface area contributed by atoms with E-state index in [2.05, 4.69) is 37.2 Å². The summed E-state index contributed by atoms with van der Waals surface area (Å²) in [6.45, 7) is 4.81. The quantitative estimate of drug-likeness (QED) is 0.433. The summed E-state index contributed by atoms with van der Waals surface area (Å²) in [7, 11) is 0. The molecule has 0 saturated carbocycles. The lowest BCUT2D eigenvalue weighted by molar-refractivity contribution is -0.153. The van der Waals surface area contributed by atoms with Crippen LogP contribution in [0.25, 0.3) is 10.9 Å². The van der Waals surface area contributed by atoms with Gasteiger partial charge in [0.15, 0.2) is 0 Å². The molecule has 1 unspecified atom stereocenters. The van der Waals surface area contributed by atoms with Crippen LogP contribution in [0.1, 0.15) is 42.8 Å². The van der Waals surface area contributed by atoms with E-state index >= 15 is 0 Å². The van der Waals surface area contributed by atoms with Gasteiger partial charge in [0.25, 0.3) is 11.5 Å². The molecule has 0 spiro atoms. The van der Waals surface area contributed by atoms with Crippen LogP contribution in [-0.2, 0) is 16.1 Å². The number of hydrogen-bond donors (Lipinski definition) is 2. The molecule has 178 valence electrons. The van der Waals surface area contributed by atoms with Gasteiger partial charge in [-0.2, -0.15) is 0 Å². The summed E-state index contributed by atoms with van der Waals surface area (Å²) in [5.74, 6) is -1.61. The molecule has 2 aromatic carbocycles. The van der Waals surface area contributed by atoms with Crippen molar-refractivity contribution in [3.63, 3.8) is 0 Å². The molecule has 0 aliphatic carbocycles. The van der Waals surface area contributed by atoms with E-state index in [1.807, 2.05) is 24.3 Å². The van der Waals surface area contributed by atoms with Crippen LogP contribution >= 0.6 is 31.9 Å². The second-order valence-corrected chi connectivity index (χ2v) is 10.6. The summed E-state index contributed by atoms with van der Waals surface area (Å²) in [5, 5.41) is 13.6. The van der Waals surface area contributed by atoms with Crippen molar-refractivity contribution in [2.24, 2.45) is 0 Å². The average Bonchev–Trinajstić information content (AvgIpc) is 2.75. The van der Waals surface area contributed by atoms with Gasteiger partial charge in [0.2, 0.25) is 0 Å². The van der Waals surface area contributed by atoms with Gasteiger partial charge in [-0.3, -0.25) is 19.0 Å². The van der Waals surface area contributed by atoms with Gasteiger partial charge < -0.3 is 19.9 Å². The average molecular weight is 594 g/mol. The highest BCUT2D eigenvalue weighted by Crippen LogP contribution is 2.42. The predicted molar refractivity (Wildman–Crippen MR) is 133 cm³/mol. The molecule has 8 nitrogen and oxygen atoms in total. The predicted octanol–water partition coefficient (Wildman–Crippen LogP) is 4.44. The maximum atomic E-state index is 13.4. The van der Waals surface area contributed by atoms with Crippen molar-refractivity contribution in [3.05, 3.63) is 66.8 Å². The second-order valence-electron chi connectivity index (χ2n) is 8.84. The summed E-state index contributed by atoms with van der Waals surface area (Å²) in [6.07, 6.45) is -0.482. The number of carbonyl (C=O) groups excluding carboxylic acids is 2. The fourth-order valence-electron chi connectivity index (χ4n) is 3.80. The van der Waals surface area contributed by atoms with E-state index in [-0.39, 0.29) is 11.9 Å². The van der Waals surface area contributed by atoms with Crippen LogP contribution in [0.5, 0.6) is 11.5 Å². The molecule has 0 saturated heterocycles. The Bertz CT molecular complexity index is 1360. The Balaban J connectivity index is 1.75. The molecule has 4 rings (SSSR count). The smallest absolute Gasteiger partial charge is 0.325 e. The van der Waals surface area contributed by atoms with E-state index in [9.17, 15) is 19.5 Å². The number of carbonyl (C=O) groups is 2. The first-order valence-electron chi connectivity index (χ1n) is 10.5. The highest BCUT2D eigenvalue weighted by molar-refractivity contribution is 9.11. The zero-order valence-electron chi connectivity index (χ0n) is 18.6. The van der Waals surface area contributed by atoms with Gasteiger partial charge in [-0.25, -0.2) is 0 Å². The van der Waals surface area contributed by atoms with Crippen molar-refractivity contribution < 1.29 is 24.2 Å². The van der Waals surface area contributed by atoms with Crippen LogP contribution in [0.4, 0.5) is 0 Å². The van der Waals surface area contributed by atoms with Gasteiger partial charge in [0.05, 0.1) is 17.4 Å². The molecule has 1 aliphatic rings. The normalized spacial score (nSPS) is 15.0. The van der Waals surface area contributed by atoms with Crippen LogP contribution in [-0.4, -0.2) is 33.7 Å². The number of nitrogens with zero attached hydrogens (tertiary/aromatic N) is 1. The summed E-state index contributed by atoms with van der Waals surface area (Å²) < 4.78 is 14.2. The van der Waals surface area contributed by atoms with Gasteiger partial charge >= 0.3 is 5.97 Å². The van der Waals surface area contributed by atoms with Gasteiger partial charge in [0.1, 0.15) is 35.3 Å². The molecule has 0 radical (unpaired) electrons. The molecule has 1 aromatic heterocycles. The Hall–Kier alpha value is -2.85. The minimum absolute atomic E-state index is 0.132. The van der Waals surface area contributed by atoms with Crippen LogP contribution in [0.2, 0.25) is 0 Å². The molecule has 1 aliphatic heterocycles. The van der Waals surface area contributed by atoms with Crippen molar-refractivity contribution in [2.75, 3.05) is 6.54 Å². The number of amides is 1. The summed E-state index contributed by atoms with van der Waals surface area (Å²) in [6, 6.07) is 10.9. The lowest BCUT2D eigenvalue weighted by Crippen LogP contribution is -2.39. The zero-order valence-corrected chi connectivity index (χ0v) is 21.8. The molecular weight excluding hydrogens is 572 g/mol. The fraction of sp³-hybridized carbons (Fsp3) is 0.292. The van der Waals surface area contributed by atoms with Crippen molar-refractivity contribution in [1.29, 1.82) is 0 Å². The number of rotatable bonds is 4. The second kappa shape index (κ2) is 9.07. The van der Waals surface area contributed by atoms with Gasteiger partial charge in [-0.1, -0.05) is 28.1 Å². The van der Waals surface area contributed by atoms with Crippen molar-refractivity contribution in [3.8, 4) is 11.5 Å². The molecular formula is C24H22Br2N2O6. The Morgan fingerprint density at radius 3 is 2.50 bits per heavy atom. The van der Waals surface area contributed by atoms with Crippen LogP contribution < -0.4 is 15.6 Å². The molecule has 3 aromatic rings. The van der Waals surface area contributed by atoms with Crippen LogP contribution in [0, 0.1) is 0 Å². The first-order valence-corrected chi connectivity index (χ1v) is 12.0. The maximum Gasteiger partial charge on any atom is 0.325 e. The lowest BCUT2D eigenvalue weighted by atomic mass is 10.0. The zero-order chi connectivity index (χ0) is 24.8. The molecule has 0 bridgehead atoms. The first kappa shape index (κ1) is 24.3. The third-order valence-electron chi connectivity index (χ3n) is 5.19. The largest absolute Gasteiger partial charge is 0.506 e. The van der Waals surface area contributed by atoms with E-state index < -0.39 is 47.0 Å². The van der Waals surface area contributed by atoms with E-state index in [0.29, 0.717) is 15.7 Å². The summed E-state index contributed by atoms with van der Waals surface area (Å²) in [4.78, 5) is 38.4. The highest BCUT2D eigenvalue weighted by Gasteiger charge is 2.31. The van der Waals surface area contributed by atoms with E-state index in [4.69, 9.17) is 9.47 Å². The Labute approximate surface area is 212 Å². The van der Waals surface area contributed by atoms with Crippen molar-refractivity contribution >= 4 is 54.6 Å². The maximum absolute atomic E-state index is 13.4. The number of hydrogen-bond acceptors (Lipinski definition) is 6. The van der Waals surface area contributed by atoms with Crippen LogP contribution in [0.15, 0.2) is 50.1 Å². The molecule has 2 heterocycles. The third kappa shape index (κ3) is 4.69. The molecule has 10 heteroatoms. The van der Waals surface area contributed by atoms with Gasteiger partial charge in [-0.05, 0) is 66.5 Å². The highest BCUT2D eigenvalue weighted by atomic mass is 79.9. The number of ether oxygens (including phenoxy) is 2.